The molecule has 2 rings (SSSR count). The van der Waals surface area contributed by atoms with E-state index in [4.69, 9.17) is 0 Å². The maximum atomic E-state index is 4.45. The molecule has 1 aliphatic rings. The lowest BCUT2D eigenvalue weighted by molar-refractivity contribution is 0.140. The Hall–Kier alpha value is -1.05. The summed E-state index contributed by atoms with van der Waals surface area (Å²) in [4.78, 5) is 7.74. The van der Waals surface area contributed by atoms with Crippen LogP contribution in [0.25, 0.3) is 0 Å². The maximum Gasteiger partial charge on any atom is 0.106 e. The summed E-state index contributed by atoms with van der Waals surface area (Å²) >= 11 is 0. The first kappa shape index (κ1) is 18.3. The Labute approximate surface area is 143 Å². The number of allylic oxidation sites excluding steroid dienone is 2. The van der Waals surface area contributed by atoms with Gasteiger partial charge in [0.25, 0.3) is 0 Å². The predicted molar refractivity (Wildman–Crippen MR) is 99.4 cm³/mol. The van der Waals surface area contributed by atoms with Gasteiger partial charge in [-0.1, -0.05) is 58.6 Å². The van der Waals surface area contributed by atoms with Crippen molar-refractivity contribution in [2.75, 3.05) is 0 Å². The summed E-state index contributed by atoms with van der Waals surface area (Å²) < 4.78 is 0. The number of nitrogens with one attached hydrogen (secondary N) is 1. The van der Waals surface area contributed by atoms with Gasteiger partial charge >= 0.3 is 0 Å². The van der Waals surface area contributed by atoms with Gasteiger partial charge in [0.2, 0.25) is 0 Å². The number of aromatic amines is 1. The van der Waals surface area contributed by atoms with Crippen LogP contribution in [0.2, 0.25) is 0 Å². The summed E-state index contributed by atoms with van der Waals surface area (Å²) in [6.45, 7) is 7.13. The number of nitrogens with zero attached hydrogens (tertiary/aromatic N) is 1. The van der Waals surface area contributed by atoms with Gasteiger partial charge in [0, 0.05) is 18.8 Å². The van der Waals surface area contributed by atoms with Crippen LogP contribution in [0.1, 0.15) is 84.4 Å². The monoisotopic (exact) mass is 316 g/mol. The molecule has 1 saturated carbocycles. The third-order valence-corrected chi connectivity index (χ3v) is 5.44. The molecule has 1 fully saturated rings. The Kier molecular flexibility index (Phi) is 7.39. The van der Waals surface area contributed by atoms with Crippen LogP contribution in [0.5, 0.6) is 0 Å². The third kappa shape index (κ3) is 6.53. The van der Waals surface area contributed by atoms with Gasteiger partial charge < -0.3 is 4.98 Å². The molecule has 0 amide bonds. The van der Waals surface area contributed by atoms with Gasteiger partial charge in [-0.2, -0.15) is 0 Å². The van der Waals surface area contributed by atoms with E-state index >= 15 is 0 Å². The fourth-order valence-corrected chi connectivity index (χ4v) is 4.03. The van der Waals surface area contributed by atoms with E-state index in [0.717, 1.165) is 24.1 Å². The number of rotatable bonds is 9. The summed E-state index contributed by atoms with van der Waals surface area (Å²) in [6, 6.07) is 0. The van der Waals surface area contributed by atoms with Crippen molar-refractivity contribution in [3.8, 4) is 0 Å². The smallest absolute Gasteiger partial charge is 0.106 e. The van der Waals surface area contributed by atoms with Crippen molar-refractivity contribution >= 4 is 0 Å². The Balaban J connectivity index is 1.82. The van der Waals surface area contributed by atoms with Crippen molar-refractivity contribution in [3.63, 3.8) is 0 Å². The van der Waals surface area contributed by atoms with Gasteiger partial charge in [0.15, 0.2) is 0 Å². The highest BCUT2D eigenvalue weighted by molar-refractivity contribution is 5.00. The fourth-order valence-electron chi connectivity index (χ4n) is 4.03. The van der Waals surface area contributed by atoms with Crippen molar-refractivity contribution in [2.45, 2.75) is 85.0 Å². The summed E-state index contributed by atoms with van der Waals surface area (Å²) in [7, 11) is 0. The molecule has 1 N–H and O–H groups in total. The highest BCUT2D eigenvalue weighted by Gasteiger charge is 2.33. The molecule has 2 atom stereocenters. The number of hydrogen-bond acceptors (Lipinski definition) is 1. The van der Waals surface area contributed by atoms with E-state index in [9.17, 15) is 0 Å². The normalized spacial score (nSPS) is 24.3. The lowest BCUT2D eigenvalue weighted by Crippen LogP contribution is -2.30. The van der Waals surface area contributed by atoms with Crippen LogP contribution in [-0.2, 0) is 6.42 Å². The SMILES string of the molecule is CCCCCCCC=CC1CCC(C)(C)CC1Cc1ncc[nH]1. The van der Waals surface area contributed by atoms with Crippen molar-refractivity contribution in [3.05, 3.63) is 30.4 Å². The number of unbranched alkanes of at least 4 members (excludes halogenated alkanes) is 5. The predicted octanol–water partition coefficient (Wildman–Crippen LogP) is 6.31. The van der Waals surface area contributed by atoms with Gasteiger partial charge in [-0.05, 0) is 49.4 Å². The molecule has 2 nitrogen and oxygen atoms in total. The van der Waals surface area contributed by atoms with Gasteiger partial charge in [0.05, 0.1) is 0 Å². The molecule has 0 spiro atoms. The van der Waals surface area contributed by atoms with Crippen LogP contribution < -0.4 is 0 Å². The van der Waals surface area contributed by atoms with Gasteiger partial charge in [0.1, 0.15) is 5.82 Å². The van der Waals surface area contributed by atoms with Crippen molar-refractivity contribution in [1.82, 2.24) is 9.97 Å². The number of aromatic nitrogens is 2. The number of hydrogen-bond donors (Lipinski definition) is 1. The first-order chi connectivity index (χ1) is 11.1. The molecule has 1 aromatic heterocycles. The zero-order chi connectivity index (χ0) is 16.5. The standard InChI is InChI=1S/C21H36N2/c1-4-5-6-7-8-9-10-11-18-12-13-21(2,3)17-19(18)16-20-22-14-15-23-20/h10-11,14-15,18-19H,4-9,12-13,16-17H2,1-3H3,(H,22,23). The van der Waals surface area contributed by atoms with Crippen LogP contribution in [0.4, 0.5) is 0 Å². The summed E-state index contributed by atoms with van der Waals surface area (Å²) in [5.74, 6) is 2.63. The van der Waals surface area contributed by atoms with Crippen molar-refractivity contribution in [2.24, 2.45) is 17.3 Å². The molecule has 1 aliphatic carbocycles. The lowest BCUT2D eigenvalue weighted by atomic mass is 9.66. The second-order valence-electron chi connectivity index (χ2n) is 8.20. The van der Waals surface area contributed by atoms with Crippen LogP contribution in [0, 0.1) is 17.3 Å². The second-order valence-corrected chi connectivity index (χ2v) is 8.20. The largest absolute Gasteiger partial charge is 0.349 e. The van der Waals surface area contributed by atoms with E-state index in [1.165, 1.54) is 57.8 Å². The summed E-state index contributed by atoms with van der Waals surface area (Å²) in [5, 5.41) is 0. The molecular weight excluding hydrogens is 280 g/mol. The third-order valence-electron chi connectivity index (χ3n) is 5.44. The Morgan fingerprint density at radius 2 is 2.09 bits per heavy atom. The molecule has 0 saturated heterocycles. The van der Waals surface area contributed by atoms with Gasteiger partial charge in [-0.3, -0.25) is 0 Å². The summed E-state index contributed by atoms with van der Waals surface area (Å²) in [6.07, 6.45) is 22.1. The molecule has 2 unspecified atom stereocenters. The quantitative estimate of drug-likeness (QED) is 0.419. The van der Waals surface area contributed by atoms with Crippen molar-refractivity contribution in [1.29, 1.82) is 0 Å². The first-order valence-electron chi connectivity index (χ1n) is 9.75. The molecular formula is C21H36N2. The minimum absolute atomic E-state index is 0.488. The Bertz CT molecular complexity index is 444. The molecule has 0 aliphatic heterocycles. The zero-order valence-corrected chi connectivity index (χ0v) is 15.5. The lowest BCUT2D eigenvalue weighted by Gasteiger charge is -2.39. The number of H-pyrrole nitrogens is 1. The van der Waals surface area contributed by atoms with Crippen molar-refractivity contribution < 1.29 is 0 Å². The molecule has 130 valence electrons. The first-order valence-corrected chi connectivity index (χ1v) is 9.75. The average Bonchev–Trinajstić information content (AvgIpc) is 3.01. The molecule has 0 bridgehead atoms. The Morgan fingerprint density at radius 3 is 2.83 bits per heavy atom. The topological polar surface area (TPSA) is 28.7 Å². The van der Waals surface area contributed by atoms with Crippen LogP contribution in [-0.4, -0.2) is 9.97 Å². The Morgan fingerprint density at radius 1 is 1.26 bits per heavy atom. The van der Waals surface area contributed by atoms with E-state index < -0.39 is 0 Å². The van der Waals surface area contributed by atoms with Gasteiger partial charge in [-0.15, -0.1) is 0 Å². The second kappa shape index (κ2) is 9.30. The molecule has 1 heterocycles. The zero-order valence-electron chi connectivity index (χ0n) is 15.5. The average molecular weight is 317 g/mol. The molecule has 0 radical (unpaired) electrons. The highest BCUT2D eigenvalue weighted by Crippen LogP contribution is 2.43. The van der Waals surface area contributed by atoms with Crippen LogP contribution >= 0.6 is 0 Å². The van der Waals surface area contributed by atoms with E-state index in [2.05, 4.69) is 42.9 Å². The summed E-state index contributed by atoms with van der Waals surface area (Å²) in [5.41, 5.74) is 0.488. The molecule has 2 heteroatoms. The van der Waals surface area contributed by atoms with E-state index in [0.29, 0.717) is 5.41 Å². The molecule has 0 aromatic carbocycles. The van der Waals surface area contributed by atoms with Crippen LogP contribution in [0.3, 0.4) is 0 Å². The highest BCUT2D eigenvalue weighted by atomic mass is 14.9. The van der Waals surface area contributed by atoms with E-state index in [1.807, 2.05) is 12.4 Å². The van der Waals surface area contributed by atoms with E-state index in [1.54, 1.807) is 0 Å². The minimum atomic E-state index is 0.488. The van der Waals surface area contributed by atoms with Gasteiger partial charge in [-0.25, -0.2) is 4.98 Å². The number of imidazole rings is 1. The molecule has 23 heavy (non-hydrogen) atoms. The van der Waals surface area contributed by atoms with E-state index in [-0.39, 0.29) is 0 Å². The maximum absolute atomic E-state index is 4.45. The fraction of sp³-hybridized carbons (Fsp3) is 0.762. The minimum Gasteiger partial charge on any atom is -0.349 e. The van der Waals surface area contributed by atoms with Crippen LogP contribution in [0.15, 0.2) is 24.5 Å². The molecule has 1 aromatic rings.